The van der Waals surface area contributed by atoms with Gasteiger partial charge in [0.2, 0.25) is 0 Å². The van der Waals surface area contributed by atoms with Gasteiger partial charge in [-0.05, 0) is 37.6 Å². The monoisotopic (exact) mass is 242 g/mol. The van der Waals surface area contributed by atoms with Crippen molar-refractivity contribution in [2.24, 2.45) is 0 Å². The zero-order chi connectivity index (χ0) is 13.0. The molecule has 4 nitrogen and oxygen atoms in total. The fraction of sp³-hybridized carbons (Fsp3) is 0.286. The predicted octanol–water partition coefficient (Wildman–Crippen LogP) is 2.47. The number of para-hydroxylation sites is 1. The van der Waals surface area contributed by atoms with Crippen molar-refractivity contribution in [2.75, 3.05) is 10.6 Å². The molecule has 0 unspecified atom stereocenters. The molecule has 18 heavy (non-hydrogen) atoms. The van der Waals surface area contributed by atoms with Crippen LogP contribution in [0.15, 0.2) is 42.6 Å². The number of nitrogen functional groups attached to an aromatic ring is 1. The molecule has 2 N–H and O–H groups in total. The van der Waals surface area contributed by atoms with Crippen LogP contribution in [0.4, 0.5) is 11.5 Å². The van der Waals surface area contributed by atoms with Crippen LogP contribution in [0.1, 0.15) is 19.4 Å². The number of nitrogens with zero attached hydrogens (tertiary/aromatic N) is 3. The lowest BCUT2D eigenvalue weighted by atomic mass is 10.1. The number of hydrogen-bond donors (Lipinski definition) is 1. The minimum atomic E-state index is 0.335. The van der Waals surface area contributed by atoms with E-state index in [1.165, 1.54) is 0 Å². The molecule has 0 aliphatic heterocycles. The Morgan fingerprint density at radius 1 is 1.17 bits per heavy atom. The second kappa shape index (κ2) is 5.49. The Bertz CT molecular complexity index is 496. The Hall–Kier alpha value is -2.10. The van der Waals surface area contributed by atoms with Crippen molar-refractivity contribution >= 4 is 11.5 Å². The number of nitrogens with two attached hydrogens (primary N) is 1. The van der Waals surface area contributed by atoms with Crippen LogP contribution in [0.3, 0.4) is 0 Å². The van der Waals surface area contributed by atoms with E-state index >= 15 is 0 Å². The van der Waals surface area contributed by atoms with E-state index in [1.54, 1.807) is 6.20 Å². The molecular formula is C14H18N4. The van der Waals surface area contributed by atoms with Crippen LogP contribution >= 0.6 is 0 Å². The molecule has 1 heterocycles. The lowest BCUT2D eigenvalue weighted by Gasteiger charge is -2.27. The fourth-order valence-corrected chi connectivity index (χ4v) is 1.84. The summed E-state index contributed by atoms with van der Waals surface area (Å²) in [5.74, 6) is 0.871. The van der Waals surface area contributed by atoms with Gasteiger partial charge in [0, 0.05) is 24.5 Å². The summed E-state index contributed by atoms with van der Waals surface area (Å²) in [5, 5.41) is 8.09. The lowest BCUT2D eigenvalue weighted by Crippen LogP contribution is -2.31. The quantitative estimate of drug-likeness (QED) is 0.837. The van der Waals surface area contributed by atoms with E-state index in [9.17, 15) is 0 Å². The Morgan fingerprint density at radius 2 is 1.94 bits per heavy atom. The Labute approximate surface area is 107 Å². The molecule has 0 amide bonds. The summed E-state index contributed by atoms with van der Waals surface area (Å²) in [5.41, 5.74) is 7.90. The van der Waals surface area contributed by atoms with Crippen molar-refractivity contribution in [1.29, 1.82) is 0 Å². The summed E-state index contributed by atoms with van der Waals surface area (Å²) in [6, 6.07) is 12.1. The molecule has 94 valence electrons. The molecule has 0 fully saturated rings. The number of hydrogen-bond acceptors (Lipinski definition) is 4. The van der Waals surface area contributed by atoms with Crippen LogP contribution in [0, 0.1) is 0 Å². The summed E-state index contributed by atoms with van der Waals surface area (Å²) in [6.07, 6.45) is 1.68. The third-order valence-electron chi connectivity index (χ3n) is 2.87. The topological polar surface area (TPSA) is 55.0 Å². The highest BCUT2D eigenvalue weighted by Gasteiger charge is 2.13. The molecule has 0 spiro atoms. The van der Waals surface area contributed by atoms with E-state index < -0.39 is 0 Å². The van der Waals surface area contributed by atoms with E-state index in [2.05, 4.69) is 28.9 Å². The highest BCUT2D eigenvalue weighted by molar-refractivity contribution is 5.49. The standard InChI is InChI=1S/C14H18N4/c1-11(2)18(14-8-5-9-16-17-14)10-12-6-3-4-7-13(12)15/h3-9,11H,10,15H2,1-2H3. The Morgan fingerprint density at radius 3 is 2.56 bits per heavy atom. The first kappa shape index (κ1) is 12.4. The van der Waals surface area contributed by atoms with Gasteiger partial charge in [-0.1, -0.05) is 18.2 Å². The lowest BCUT2D eigenvalue weighted by molar-refractivity contribution is 0.667. The maximum absolute atomic E-state index is 5.98. The zero-order valence-electron chi connectivity index (χ0n) is 10.7. The Kier molecular flexibility index (Phi) is 3.77. The molecule has 2 aromatic rings. The molecule has 4 heteroatoms. The molecule has 0 saturated heterocycles. The summed E-state index contributed by atoms with van der Waals surface area (Å²) in [6.45, 7) is 5.00. The maximum atomic E-state index is 5.98. The molecule has 0 aliphatic rings. The van der Waals surface area contributed by atoms with Gasteiger partial charge in [-0.15, -0.1) is 5.10 Å². The maximum Gasteiger partial charge on any atom is 0.151 e. The molecule has 0 radical (unpaired) electrons. The first-order valence-corrected chi connectivity index (χ1v) is 6.06. The summed E-state index contributed by atoms with van der Waals surface area (Å²) >= 11 is 0. The van der Waals surface area contributed by atoms with Crippen molar-refractivity contribution in [1.82, 2.24) is 10.2 Å². The summed E-state index contributed by atoms with van der Waals surface area (Å²) < 4.78 is 0. The third kappa shape index (κ3) is 2.77. The molecule has 0 saturated carbocycles. The van der Waals surface area contributed by atoms with Crippen LogP contribution in [0.25, 0.3) is 0 Å². The molecular weight excluding hydrogens is 224 g/mol. The largest absolute Gasteiger partial charge is 0.398 e. The van der Waals surface area contributed by atoms with E-state index in [4.69, 9.17) is 5.73 Å². The molecule has 2 rings (SSSR count). The molecule has 1 aromatic carbocycles. The molecule has 0 bridgehead atoms. The van der Waals surface area contributed by atoms with Gasteiger partial charge in [0.05, 0.1) is 0 Å². The average molecular weight is 242 g/mol. The first-order chi connectivity index (χ1) is 8.68. The van der Waals surface area contributed by atoms with Gasteiger partial charge in [0.25, 0.3) is 0 Å². The van der Waals surface area contributed by atoms with Crippen molar-refractivity contribution < 1.29 is 0 Å². The molecule has 1 aromatic heterocycles. The number of aromatic nitrogens is 2. The minimum Gasteiger partial charge on any atom is -0.398 e. The van der Waals surface area contributed by atoms with Gasteiger partial charge in [0.1, 0.15) is 0 Å². The van der Waals surface area contributed by atoms with Gasteiger partial charge in [-0.2, -0.15) is 5.10 Å². The summed E-state index contributed by atoms with van der Waals surface area (Å²) in [7, 11) is 0. The van der Waals surface area contributed by atoms with Gasteiger partial charge < -0.3 is 10.6 Å². The van der Waals surface area contributed by atoms with Crippen LogP contribution in [-0.2, 0) is 6.54 Å². The van der Waals surface area contributed by atoms with Crippen LogP contribution in [-0.4, -0.2) is 16.2 Å². The second-order valence-corrected chi connectivity index (χ2v) is 4.50. The normalized spacial score (nSPS) is 10.6. The predicted molar refractivity (Wildman–Crippen MR) is 74.2 cm³/mol. The van der Waals surface area contributed by atoms with E-state index in [-0.39, 0.29) is 0 Å². The first-order valence-electron chi connectivity index (χ1n) is 6.06. The highest BCUT2D eigenvalue weighted by atomic mass is 15.3. The van der Waals surface area contributed by atoms with Gasteiger partial charge in [-0.3, -0.25) is 0 Å². The summed E-state index contributed by atoms with van der Waals surface area (Å²) in [4.78, 5) is 2.18. The molecule has 0 aliphatic carbocycles. The van der Waals surface area contributed by atoms with Crippen molar-refractivity contribution in [3.63, 3.8) is 0 Å². The van der Waals surface area contributed by atoms with Crippen LogP contribution < -0.4 is 10.6 Å². The number of anilines is 2. The second-order valence-electron chi connectivity index (χ2n) is 4.50. The van der Waals surface area contributed by atoms with Crippen molar-refractivity contribution in [3.05, 3.63) is 48.2 Å². The third-order valence-corrected chi connectivity index (χ3v) is 2.87. The van der Waals surface area contributed by atoms with E-state index in [0.717, 1.165) is 23.6 Å². The van der Waals surface area contributed by atoms with Gasteiger partial charge in [-0.25, -0.2) is 0 Å². The van der Waals surface area contributed by atoms with Gasteiger partial charge in [0.15, 0.2) is 5.82 Å². The average Bonchev–Trinajstić information content (AvgIpc) is 2.38. The highest BCUT2D eigenvalue weighted by Crippen LogP contribution is 2.19. The van der Waals surface area contributed by atoms with Gasteiger partial charge >= 0.3 is 0 Å². The number of rotatable bonds is 4. The van der Waals surface area contributed by atoms with Crippen LogP contribution in [0.5, 0.6) is 0 Å². The van der Waals surface area contributed by atoms with E-state index in [0.29, 0.717) is 6.04 Å². The van der Waals surface area contributed by atoms with E-state index in [1.807, 2.05) is 36.4 Å². The minimum absolute atomic E-state index is 0.335. The van der Waals surface area contributed by atoms with Crippen LogP contribution in [0.2, 0.25) is 0 Å². The Balaban J connectivity index is 2.26. The smallest absolute Gasteiger partial charge is 0.151 e. The SMILES string of the molecule is CC(C)N(Cc1ccccc1N)c1cccnn1. The number of benzene rings is 1. The zero-order valence-corrected chi connectivity index (χ0v) is 10.7. The van der Waals surface area contributed by atoms with Crippen molar-refractivity contribution in [3.8, 4) is 0 Å². The molecule has 0 atom stereocenters. The fourth-order valence-electron chi connectivity index (χ4n) is 1.84. The van der Waals surface area contributed by atoms with Crippen molar-refractivity contribution in [2.45, 2.75) is 26.4 Å².